The molecule has 0 aliphatic carbocycles. The number of rotatable bonds is 1. The molecule has 1 nitrogen and oxygen atoms in total. The fourth-order valence-electron chi connectivity index (χ4n) is 0.600. The van der Waals surface area contributed by atoms with E-state index in [1.165, 1.54) is 12.3 Å². The maximum atomic E-state index is 12.1. The molecule has 0 saturated carbocycles. The van der Waals surface area contributed by atoms with Crippen LogP contribution >= 0.6 is 27.5 Å². The van der Waals surface area contributed by atoms with Crippen LogP contribution in [0, 0.1) is 0 Å². The topological polar surface area (TPSA) is 12.9 Å². The molecule has 0 radical (unpaired) electrons. The van der Waals surface area contributed by atoms with Gasteiger partial charge in [0, 0.05) is 11.8 Å². The number of pyridine rings is 1. The maximum absolute atomic E-state index is 12.1. The number of halogens is 4. The van der Waals surface area contributed by atoms with Crippen molar-refractivity contribution in [1.82, 2.24) is 4.98 Å². The molecule has 0 aromatic carbocycles. The van der Waals surface area contributed by atoms with Crippen molar-refractivity contribution in [2.45, 2.75) is 6.43 Å². The first-order valence-corrected chi connectivity index (χ1v) is 3.88. The van der Waals surface area contributed by atoms with Crippen molar-refractivity contribution in [1.29, 1.82) is 0 Å². The van der Waals surface area contributed by atoms with Gasteiger partial charge in [-0.25, -0.2) is 13.8 Å². The van der Waals surface area contributed by atoms with Gasteiger partial charge in [0.05, 0.1) is 5.02 Å². The molecule has 11 heavy (non-hydrogen) atoms. The Morgan fingerprint density at radius 2 is 2.18 bits per heavy atom. The molecule has 0 bridgehead atoms. The van der Waals surface area contributed by atoms with E-state index in [1.807, 2.05) is 0 Å². The van der Waals surface area contributed by atoms with E-state index in [0.717, 1.165) is 0 Å². The van der Waals surface area contributed by atoms with E-state index in [-0.39, 0.29) is 15.2 Å². The third kappa shape index (κ3) is 1.87. The Hall–Kier alpha value is -0.220. The van der Waals surface area contributed by atoms with E-state index in [2.05, 4.69) is 20.9 Å². The van der Waals surface area contributed by atoms with E-state index in [0.29, 0.717) is 0 Å². The number of aromatic nitrogens is 1. The smallest absolute Gasteiger partial charge is 0.248 e. The molecular formula is C6H3BrClF2N. The third-order valence-electron chi connectivity index (χ3n) is 1.11. The van der Waals surface area contributed by atoms with Crippen molar-refractivity contribution in [2.75, 3.05) is 0 Å². The first-order valence-electron chi connectivity index (χ1n) is 2.71. The van der Waals surface area contributed by atoms with E-state index < -0.39 is 6.43 Å². The van der Waals surface area contributed by atoms with Gasteiger partial charge in [-0.15, -0.1) is 0 Å². The first-order chi connectivity index (χ1) is 5.13. The van der Waals surface area contributed by atoms with Crippen LogP contribution in [0.1, 0.15) is 12.0 Å². The highest BCUT2D eigenvalue weighted by Crippen LogP contribution is 2.30. The van der Waals surface area contributed by atoms with E-state index >= 15 is 0 Å². The van der Waals surface area contributed by atoms with Crippen molar-refractivity contribution in [3.05, 3.63) is 27.5 Å². The van der Waals surface area contributed by atoms with Gasteiger partial charge < -0.3 is 0 Å². The molecule has 0 fully saturated rings. The molecule has 1 aromatic heterocycles. The van der Waals surface area contributed by atoms with E-state index in [9.17, 15) is 8.78 Å². The van der Waals surface area contributed by atoms with Crippen molar-refractivity contribution < 1.29 is 8.78 Å². The Kier molecular flexibility index (Phi) is 2.78. The van der Waals surface area contributed by atoms with Crippen LogP contribution < -0.4 is 0 Å². The lowest BCUT2D eigenvalue weighted by molar-refractivity contribution is 0.151. The minimum Gasteiger partial charge on any atom is -0.248 e. The summed E-state index contributed by atoms with van der Waals surface area (Å²) in [4.78, 5) is 3.67. The van der Waals surface area contributed by atoms with Gasteiger partial charge in [0.1, 0.15) is 4.60 Å². The summed E-state index contributed by atoms with van der Waals surface area (Å²) in [7, 11) is 0. The zero-order valence-electron chi connectivity index (χ0n) is 5.19. The summed E-state index contributed by atoms with van der Waals surface area (Å²) < 4.78 is 24.4. The van der Waals surface area contributed by atoms with Crippen molar-refractivity contribution in [3.63, 3.8) is 0 Å². The molecule has 60 valence electrons. The number of nitrogens with zero attached hydrogens (tertiary/aromatic N) is 1. The second kappa shape index (κ2) is 3.45. The number of hydrogen-bond donors (Lipinski definition) is 0. The summed E-state index contributed by atoms with van der Waals surface area (Å²) >= 11 is 8.44. The lowest BCUT2D eigenvalue weighted by atomic mass is 10.3. The summed E-state index contributed by atoms with van der Waals surface area (Å²) in [6.07, 6.45) is -1.28. The van der Waals surface area contributed by atoms with Gasteiger partial charge in [-0.2, -0.15) is 0 Å². The summed E-state index contributed by atoms with van der Waals surface area (Å²) in [5.41, 5.74) is -0.200. The van der Waals surface area contributed by atoms with Gasteiger partial charge in [0.2, 0.25) is 0 Å². The largest absolute Gasteiger partial charge is 0.265 e. The molecule has 0 aliphatic rings. The molecule has 1 rings (SSSR count). The fourth-order valence-corrected chi connectivity index (χ4v) is 1.14. The molecule has 1 heterocycles. The van der Waals surface area contributed by atoms with Crippen LogP contribution in [-0.2, 0) is 0 Å². The summed E-state index contributed by atoms with van der Waals surface area (Å²) in [6.45, 7) is 0. The van der Waals surface area contributed by atoms with Crippen LogP contribution in [-0.4, -0.2) is 4.98 Å². The van der Waals surface area contributed by atoms with Crippen LogP contribution in [0.3, 0.4) is 0 Å². The van der Waals surface area contributed by atoms with Crippen LogP contribution in [0.15, 0.2) is 16.9 Å². The summed E-state index contributed by atoms with van der Waals surface area (Å²) in [6, 6.07) is 1.19. The van der Waals surface area contributed by atoms with Gasteiger partial charge in [-0.1, -0.05) is 11.6 Å². The second-order valence-corrected chi connectivity index (χ2v) is 2.93. The molecule has 0 spiro atoms. The number of hydrogen-bond acceptors (Lipinski definition) is 1. The molecule has 0 atom stereocenters. The Bertz CT molecular complexity index is 267. The fraction of sp³-hybridized carbons (Fsp3) is 0.167. The lowest BCUT2D eigenvalue weighted by Crippen LogP contribution is -1.88. The molecule has 0 aliphatic heterocycles. The highest BCUT2D eigenvalue weighted by atomic mass is 79.9. The molecule has 0 saturated heterocycles. The third-order valence-corrected chi connectivity index (χ3v) is 2.34. The van der Waals surface area contributed by atoms with Crippen LogP contribution in [0.5, 0.6) is 0 Å². The van der Waals surface area contributed by atoms with Crippen LogP contribution in [0.4, 0.5) is 8.78 Å². The van der Waals surface area contributed by atoms with E-state index in [1.54, 1.807) is 0 Å². The Balaban J connectivity index is 3.17. The van der Waals surface area contributed by atoms with Gasteiger partial charge >= 0.3 is 0 Å². The average Bonchev–Trinajstić information content (AvgIpc) is 1.94. The average molecular weight is 242 g/mol. The molecule has 0 N–H and O–H groups in total. The van der Waals surface area contributed by atoms with Gasteiger partial charge in [-0.05, 0) is 22.0 Å². The Morgan fingerprint density at radius 3 is 2.64 bits per heavy atom. The molecule has 5 heteroatoms. The zero-order chi connectivity index (χ0) is 8.43. The number of alkyl halides is 2. The Labute approximate surface area is 75.5 Å². The van der Waals surface area contributed by atoms with Gasteiger partial charge in [0.15, 0.2) is 0 Å². The molecule has 1 aromatic rings. The normalized spacial score (nSPS) is 10.6. The van der Waals surface area contributed by atoms with Gasteiger partial charge in [-0.3, -0.25) is 0 Å². The van der Waals surface area contributed by atoms with Crippen molar-refractivity contribution >= 4 is 27.5 Å². The lowest BCUT2D eigenvalue weighted by Gasteiger charge is -2.01. The standard InChI is InChI=1S/C6H3BrClF2N/c7-5-4(8)3(6(9)10)1-2-11-5/h1-2,6H. The molecule has 0 unspecified atom stereocenters. The molecular weight excluding hydrogens is 239 g/mol. The maximum Gasteiger partial charge on any atom is 0.265 e. The van der Waals surface area contributed by atoms with Gasteiger partial charge in [0.25, 0.3) is 6.43 Å². The van der Waals surface area contributed by atoms with Crippen LogP contribution in [0.25, 0.3) is 0 Å². The second-order valence-electron chi connectivity index (χ2n) is 1.81. The highest BCUT2D eigenvalue weighted by molar-refractivity contribution is 9.10. The minimum atomic E-state index is -2.55. The first kappa shape index (κ1) is 8.87. The predicted octanol–water partition coefficient (Wildman–Crippen LogP) is 3.44. The van der Waals surface area contributed by atoms with E-state index in [4.69, 9.17) is 11.6 Å². The van der Waals surface area contributed by atoms with Crippen molar-refractivity contribution in [2.24, 2.45) is 0 Å². The Morgan fingerprint density at radius 1 is 1.55 bits per heavy atom. The quantitative estimate of drug-likeness (QED) is 0.688. The molecule has 0 amide bonds. The summed E-state index contributed by atoms with van der Waals surface area (Å²) in [5.74, 6) is 0. The predicted molar refractivity (Wildman–Crippen MR) is 41.9 cm³/mol. The zero-order valence-corrected chi connectivity index (χ0v) is 7.53. The monoisotopic (exact) mass is 241 g/mol. The highest BCUT2D eigenvalue weighted by Gasteiger charge is 2.13. The van der Waals surface area contributed by atoms with Crippen molar-refractivity contribution in [3.8, 4) is 0 Å². The SMILES string of the molecule is FC(F)c1ccnc(Br)c1Cl. The minimum absolute atomic E-state index is 0.0255. The van der Waals surface area contributed by atoms with Crippen LogP contribution in [0.2, 0.25) is 5.02 Å². The summed E-state index contributed by atoms with van der Waals surface area (Å²) in [5, 5.41) is -0.0255.